The number of hydrogen-bond donors (Lipinski definition) is 2. The molecule has 0 amide bonds. The Kier molecular flexibility index (Phi) is 14.2. The maximum absolute atomic E-state index is 6.07. The van der Waals surface area contributed by atoms with E-state index in [-0.39, 0.29) is 24.0 Å². The molecule has 0 aliphatic heterocycles. The number of nitrogens with zero attached hydrogens (tertiary/aromatic N) is 1. The quantitative estimate of drug-likeness (QED) is 0.248. The normalized spacial score (nSPS) is 19.0. The Morgan fingerprint density at radius 2 is 1.54 bits per heavy atom. The number of guanidine groups is 1. The molecular formula is C20H42IN3. The van der Waals surface area contributed by atoms with Crippen molar-refractivity contribution < 1.29 is 0 Å². The van der Waals surface area contributed by atoms with E-state index in [0.29, 0.717) is 18.0 Å². The van der Waals surface area contributed by atoms with E-state index in [1.165, 1.54) is 70.6 Å². The van der Waals surface area contributed by atoms with Gasteiger partial charge in [-0.1, -0.05) is 72.1 Å². The lowest BCUT2D eigenvalue weighted by Crippen LogP contribution is -2.39. The molecule has 0 aromatic heterocycles. The van der Waals surface area contributed by atoms with Gasteiger partial charge in [0.05, 0.1) is 6.04 Å². The molecule has 0 aromatic carbocycles. The molecule has 0 saturated heterocycles. The van der Waals surface area contributed by atoms with E-state index in [4.69, 9.17) is 5.73 Å². The molecule has 0 heterocycles. The van der Waals surface area contributed by atoms with Crippen LogP contribution in [-0.4, -0.2) is 18.0 Å². The first kappa shape index (κ1) is 24.0. The van der Waals surface area contributed by atoms with E-state index in [2.05, 4.69) is 38.0 Å². The lowest BCUT2D eigenvalue weighted by Gasteiger charge is -2.20. The lowest BCUT2D eigenvalue weighted by atomic mass is 9.95. The Bertz CT molecular complexity index is 325. The van der Waals surface area contributed by atoms with Crippen LogP contribution in [-0.2, 0) is 0 Å². The highest BCUT2D eigenvalue weighted by molar-refractivity contribution is 14.0. The van der Waals surface area contributed by atoms with Gasteiger partial charge in [-0.2, -0.15) is 0 Å². The van der Waals surface area contributed by atoms with Crippen LogP contribution in [0.1, 0.15) is 98.3 Å². The summed E-state index contributed by atoms with van der Waals surface area (Å²) in [6.45, 7) is 9.26. The molecule has 2 atom stereocenters. The van der Waals surface area contributed by atoms with Crippen molar-refractivity contribution in [1.29, 1.82) is 0 Å². The molecule has 0 bridgehead atoms. The van der Waals surface area contributed by atoms with Gasteiger partial charge >= 0.3 is 0 Å². The van der Waals surface area contributed by atoms with Crippen LogP contribution in [0.5, 0.6) is 0 Å². The zero-order valence-corrected chi connectivity index (χ0v) is 18.9. The number of aliphatic imine (C=N–C) groups is 1. The minimum Gasteiger partial charge on any atom is -0.370 e. The Morgan fingerprint density at radius 3 is 2.12 bits per heavy atom. The largest absolute Gasteiger partial charge is 0.370 e. The summed E-state index contributed by atoms with van der Waals surface area (Å²) in [4.78, 5) is 4.66. The fourth-order valence-electron chi connectivity index (χ4n) is 3.56. The Morgan fingerprint density at radius 1 is 0.958 bits per heavy atom. The smallest absolute Gasteiger partial charge is 0.189 e. The molecule has 144 valence electrons. The third-order valence-corrected chi connectivity index (χ3v) is 5.10. The minimum absolute atomic E-state index is 0. The van der Waals surface area contributed by atoms with Crippen LogP contribution in [0.15, 0.2) is 4.99 Å². The number of halogens is 1. The van der Waals surface area contributed by atoms with Crippen LogP contribution in [0, 0.1) is 11.8 Å². The van der Waals surface area contributed by atoms with Crippen molar-refractivity contribution in [2.75, 3.05) is 0 Å². The van der Waals surface area contributed by atoms with Crippen molar-refractivity contribution in [1.82, 2.24) is 5.32 Å². The molecule has 24 heavy (non-hydrogen) atoms. The molecule has 0 aromatic rings. The standard InChI is InChI=1S/C20H41N3.HI/c1-16(2)10-8-11-17(3)12-9-13-18(4)22-20(21)23-19-14-6-5-7-15-19;/h16-19H,5-15H2,1-4H3,(H3,21,22,23);1H. The maximum Gasteiger partial charge on any atom is 0.189 e. The van der Waals surface area contributed by atoms with Crippen molar-refractivity contribution in [2.24, 2.45) is 22.6 Å². The molecule has 1 rings (SSSR count). The van der Waals surface area contributed by atoms with Crippen LogP contribution >= 0.6 is 24.0 Å². The van der Waals surface area contributed by atoms with Crippen molar-refractivity contribution >= 4 is 29.9 Å². The first-order valence-corrected chi connectivity index (χ1v) is 10.1. The third-order valence-electron chi connectivity index (χ3n) is 5.10. The van der Waals surface area contributed by atoms with Gasteiger partial charge in [-0.05, 0) is 38.0 Å². The molecular weight excluding hydrogens is 409 g/mol. The van der Waals surface area contributed by atoms with E-state index >= 15 is 0 Å². The number of hydrogen-bond acceptors (Lipinski definition) is 1. The number of nitrogens with one attached hydrogen (secondary N) is 1. The Hall–Kier alpha value is 0. The summed E-state index contributed by atoms with van der Waals surface area (Å²) in [5, 5.41) is 3.39. The molecule has 1 saturated carbocycles. The number of nitrogens with two attached hydrogens (primary N) is 1. The molecule has 1 aliphatic rings. The van der Waals surface area contributed by atoms with Gasteiger partial charge in [-0.15, -0.1) is 24.0 Å². The van der Waals surface area contributed by atoms with Crippen molar-refractivity contribution in [2.45, 2.75) is 110 Å². The summed E-state index contributed by atoms with van der Waals surface area (Å²) in [6, 6.07) is 0.898. The van der Waals surface area contributed by atoms with Gasteiger partial charge in [0.2, 0.25) is 0 Å². The lowest BCUT2D eigenvalue weighted by molar-refractivity contribution is 0.411. The molecule has 0 spiro atoms. The van der Waals surface area contributed by atoms with E-state index in [9.17, 15) is 0 Å². The summed E-state index contributed by atoms with van der Waals surface area (Å²) >= 11 is 0. The number of rotatable bonds is 10. The van der Waals surface area contributed by atoms with E-state index < -0.39 is 0 Å². The average Bonchev–Trinajstić information content (AvgIpc) is 2.47. The van der Waals surface area contributed by atoms with Crippen LogP contribution in [0.25, 0.3) is 0 Å². The Balaban J connectivity index is 0.00000529. The average molecular weight is 451 g/mol. The highest BCUT2D eigenvalue weighted by Crippen LogP contribution is 2.20. The van der Waals surface area contributed by atoms with Gasteiger partial charge in [0.15, 0.2) is 5.96 Å². The van der Waals surface area contributed by atoms with Crippen LogP contribution in [0.2, 0.25) is 0 Å². The fourth-order valence-corrected chi connectivity index (χ4v) is 3.56. The zero-order chi connectivity index (χ0) is 17.1. The molecule has 3 N–H and O–H groups in total. The van der Waals surface area contributed by atoms with Crippen LogP contribution in [0.4, 0.5) is 0 Å². The zero-order valence-electron chi connectivity index (χ0n) is 16.5. The second kappa shape index (κ2) is 14.2. The molecule has 3 nitrogen and oxygen atoms in total. The molecule has 0 radical (unpaired) electrons. The van der Waals surface area contributed by atoms with E-state index in [1.54, 1.807) is 0 Å². The minimum atomic E-state index is 0. The van der Waals surface area contributed by atoms with Crippen molar-refractivity contribution in [3.8, 4) is 0 Å². The van der Waals surface area contributed by atoms with Crippen LogP contribution < -0.4 is 11.1 Å². The third kappa shape index (κ3) is 12.4. The molecule has 1 fully saturated rings. The van der Waals surface area contributed by atoms with Gasteiger partial charge in [0.1, 0.15) is 0 Å². The summed E-state index contributed by atoms with van der Waals surface area (Å²) in [5.74, 6) is 2.36. The predicted octanol–water partition coefficient (Wildman–Crippen LogP) is 5.86. The molecule has 4 heteroatoms. The first-order valence-electron chi connectivity index (χ1n) is 10.1. The summed E-state index contributed by atoms with van der Waals surface area (Å²) < 4.78 is 0. The fraction of sp³-hybridized carbons (Fsp3) is 0.950. The van der Waals surface area contributed by atoms with E-state index in [1.807, 2.05) is 0 Å². The van der Waals surface area contributed by atoms with Gasteiger partial charge in [0, 0.05) is 6.04 Å². The maximum atomic E-state index is 6.07. The predicted molar refractivity (Wildman–Crippen MR) is 118 cm³/mol. The summed E-state index contributed by atoms with van der Waals surface area (Å²) in [7, 11) is 0. The second-order valence-electron chi connectivity index (χ2n) is 8.21. The highest BCUT2D eigenvalue weighted by atomic mass is 127. The van der Waals surface area contributed by atoms with Crippen molar-refractivity contribution in [3.05, 3.63) is 0 Å². The van der Waals surface area contributed by atoms with Gasteiger partial charge in [-0.3, -0.25) is 4.99 Å². The molecule has 1 aliphatic carbocycles. The Labute approximate surface area is 168 Å². The van der Waals surface area contributed by atoms with E-state index in [0.717, 1.165) is 11.8 Å². The van der Waals surface area contributed by atoms with Crippen molar-refractivity contribution in [3.63, 3.8) is 0 Å². The highest BCUT2D eigenvalue weighted by Gasteiger charge is 2.13. The molecule has 2 unspecified atom stereocenters. The topological polar surface area (TPSA) is 50.4 Å². The van der Waals surface area contributed by atoms with Gasteiger partial charge < -0.3 is 11.1 Å². The van der Waals surface area contributed by atoms with Gasteiger partial charge in [-0.25, -0.2) is 0 Å². The second-order valence-corrected chi connectivity index (χ2v) is 8.21. The SMILES string of the molecule is CC(C)CCCC(C)CCCC(C)NC(N)=NC1CCCCC1.I. The van der Waals surface area contributed by atoms with Gasteiger partial charge in [0.25, 0.3) is 0 Å². The van der Waals surface area contributed by atoms with Crippen LogP contribution in [0.3, 0.4) is 0 Å². The summed E-state index contributed by atoms with van der Waals surface area (Å²) in [5.41, 5.74) is 6.07. The monoisotopic (exact) mass is 451 g/mol. The summed E-state index contributed by atoms with van der Waals surface area (Å²) in [6.07, 6.45) is 14.4. The first-order chi connectivity index (χ1) is 11.0.